The van der Waals surface area contributed by atoms with Crippen LogP contribution in [0.15, 0.2) is 23.1 Å². The second-order valence-corrected chi connectivity index (χ2v) is 9.10. The molecule has 0 saturated carbocycles. The zero-order valence-corrected chi connectivity index (χ0v) is 17.3. The molecule has 1 aromatic rings. The molecule has 2 saturated heterocycles. The van der Waals surface area contributed by atoms with Crippen molar-refractivity contribution >= 4 is 21.8 Å². The van der Waals surface area contributed by atoms with Gasteiger partial charge in [0.1, 0.15) is 5.75 Å². The zero-order chi connectivity index (χ0) is 21.0. The smallest absolute Gasteiger partial charge is 0.260 e. The summed E-state index contributed by atoms with van der Waals surface area (Å²) in [5.74, 6) is -0.953. The lowest BCUT2D eigenvalue weighted by Gasteiger charge is -2.32. The predicted molar refractivity (Wildman–Crippen MR) is 105 cm³/mol. The van der Waals surface area contributed by atoms with Crippen LogP contribution in [0.4, 0.5) is 0 Å². The second-order valence-electron chi connectivity index (χ2n) is 7.16. The van der Waals surface area contributed by atoms with Crippen LogP contribution in [-0.4, -0.2) is 74.9 Å². The molecule has 0 aliphatic carbocycles. The van der Waals surface area contributed by atoms with Crippen molar-refractivity contribution in [2.45, 2.75) is 37.2 Å². The number of carbonyl (C=O) groups is 2. The molecule has 0 radical (unpaired) electrons. The molecule has 1 aromatic carbocycles. The van der Waals surface area contributed by atoms with E-state index >= 15 is 0 Å². The van der Waals surface area contributed by atoms with Crippen molar-refractivity contribution in [1.29, 1.82) is 0 Å². The quantitative estimate of drug-likeness (QED) is 0.683. The van der Waals surface area contributed by atoms with Gasteiger partial charge in [-0.15, -0.1) is 0 Å². The number of sulfonamides is 1. The van der Waals surface area contributed by atoms with Gasteiger partial charge in [0, 0.05) is 26.2 Å². The number of rotatable bonds is 7. The lowest BCUT2D eigenvalue weighted by molar-refractivity contribution is -0.141. The fourth-order valence-corrected chi connectivity index (χ4v) is 5.03. The largest absolute Gasteiger partial charge is 0.483 e. The number of amides is 2. The number of carbonyl (C=O) groups excluding carboxylic acids is 2. The van der Waals surface area contributed by atoms with Crippen molar-refractivity contribution in [3.8, 4) is 5.75 Å². The molecule has 2 aliphatic rings. The third-order valence-electron chi connectivity index (χ3n) is 5.22. The van der Waals surface area contributed by atoms with Gasteiger partial charge in [-0.3, -0.25) is 9.59 Å². The molecule has 2 N–H and O–H groups in total. The Morgan fingerprint density at radius 3 is 2.62 bits per heavy atom. The second kappa shape index (κ2) is 9.10. The topological polar surface area (TPSA) is 119 Å². The Labute approximate surface area is 170 Å². The number of nitrogens with two attached hydrogens (primary N) is 1. The summed E-state index contributed by atoms with van der Waals surface area (Å²) in [7, 11) is -3.69. The first-order valence-electron chi connectivity index (χ1n) is 9.79. The van der Waals surface area contributed by atoms with E-state index in [-0.39, 0.29) is 34.8 Å². The molecule has 0 bridgehead atoms. The van der Waals surface area contributed by atoms with Crippen LogP contribution in [0, 0.1) is 0 Å². The minimum absolute atomic E-state index is 0.00366. The average Bonchev–Trinajstić information content (AvgIpc) is 3.27. The molecule has 1 unspecified atom stereocenters. The van der Waals surface area contributed by atoms with Gasteiger partial charge in [-0.1, -0.05) is 6.92 Å². The highest BCUT2D eigenvalue weighted by Gasteiger charge is 2.29. The number of nitrogens with zero attached hydrogens (tertiary/aromatic N) is 2. The molecular formula is C19H27N3O6S. The van der Waals surface area contributed by atoms with Crippen molar-refractivity contribution in [2.24, 2.45) is 5.73 Å². The molecule has 2 amide bonds. The van der Waals surface area contributed by atoms with Crippen LogP contribution in [0.2, 0.25) is 0 Å². The number of ether oxygens (including phenoxy) is 2. The maximum Gasteiger partial charge on any atom is 0.260 e. The minimum Gasteiger partial charge on any atom is -0.483 e. The first-order chi connectivity index (χ1) is 13.8. The lowest BCUT2D eigenvalue weighted by atomic mass is 10.2. The Morgan fingerprint density at radius 2 is 1.97 bits per heavy atom. The van der Waals surface area contributed by atoms with Gasteiger partial charge in [0.25, 0.3) is 11.8 Å². The summed E-state index contributed by atoms with van der Waals surface area (Å²) in [6, 6.07) is 3.98. The monoisotopic (exact) mass is 425 g/mol. The van der Waals surface area contributed by atoms with Gasteiger partial charge in [0.05, 0.1) is 23.2 Å². The third-order valence-corrected chi connectivity index (χ3v) is 7.11. The van der Waals surface area contributed by atoms with Crippen molar-refractivity contribution in [3.05, 3.63) is 23.8 Å². The highest BCUT2D eigenvalue weighted by Crippen LogP contribution is 2.26. The standard InChI is InChI=1S/C19H27N3O6S/c1-2-14-12-21(9-10-27-14)18(23)13-28-17-6-5-15(11-16(17)19(20)24)29(25,26)22-7-3-4-8-22/h5-6,11,14H,2-4,7-10,12-13H2,1H3,(H2,20,24). The van der Waals surface area contributed by atoms with E-state index < -0.39 is 15.9 Å². The molecule has 0 aromatic heterocycles. The van der Waals surface area contributed by atoms with Crippen molar-refractivity contribution < 1.29 is 27.5 Å². The lowest BCUT2D eigenvalue weighted by Crippen LogP contribution is -2.47. The van der Waals surface area contributed by atoms with Gasteiger partial charge in [-0.2, -0.15) is 4.31 Å². The SMILES string of the molecule is CCC1CN(C(=O)COc2ccc(S(=O)(=O)N3CCCC3)cc2C(N)=O)CCO1. The molecule has 10 heteroatoms. The number of benzene rings is 1. The van der Waals surface area contributed by atoms with Gasteiger partial charge in [-0.05, 0) is 37.5 Å². The van der Waals surface area contributed by atoms with Crippen LogP contribution >= 0.6 is 0 Å². The summed E-state index contributed by atoms with van der Waals surface area (Å²) in [6.07, 6.45) is 2.43. The van der Waals surface area contributed by atoms with Crippen molar-refractivity contribution in [2.75, 3.05) is 39.4 Å². The molecule has 29 heavy (non-hydrogen) atoms. The summed E-state index contributed by atoms with van der Waals surface area (Å²) >= 11 is 0. The van der Waals surface area contributed by atoms with Crippen LogP contribution < -0.4 is 10.5 Å². The fourth-order valence-electron chi connectivity index (χ4n) is 3.49. The maximum atomic E-state index is 12.7. The van der Waals surface area contributed by atoms with Crippen molar-refractivity contribution in [3.63, 3.8) is 0 Å². The van der Waals surface area contributed by atoms with Crippen LogP contribution in [0.5, 0.6) is 5.75 Å². The number of morpholine rings is 1. The van der Waals surface area contributed by atoms with Crippen LogP contribution in [0.25, 0.3) is 0 Å². The fraction of sp³-hybridized carbons (Fsp3) is 0.579. The number of hydrogen-bond donors (Lipinski definition) is 1. The summed E-state index contributed by atoms with van der Waals surface area (Å²) < 4.78 is 37.9. The van der Waals surface area contributed by atoms with E-state index in [1.165, 1.54) is 22.5 Å². The van der Waals surface area contributed by atoms with E-state index in [4.69, 9.17) is 15.2 Å². The third kappa shape index (κ3) is 4.88. The first kappa shape index (κ1) is 21.5. The average molecular weight is 426 g/mol. The van der Waals surface area contributed by atoms with E-state index in [0.717, 1.165) is 19.3 Å². The van der Waals surface area contributed by atoms with Gasteiger partial charge in [0.2, 0.25) is 10.0 Å². The molecule has 3 rings (SSSR count). The molecular weight excluding hydrogens is 398 g/mol. The highest BCUT2D eigenvalue weighted by atomic mass is 32.2. The maximum absolute atomic E-state index is 12.7. The molecule has 9 nitrogen and oxygen atoms in total. The minimum atomic E-state index is -3.69. The number of hydrogen-bond acceptors (Lipinski definition) is 6. The summed E-state index contributed by atoms with van der Waals surface area (Å²) in [5, 5.41) is 0. The molecule has 2 heterocycles. The first-order valence-corrected chi connectivity index (χ1v) is 11.2. The van der Waals surface area contributed by atoms with Gasteiger partial charge in [-0.25, -0.2) is 8.42 Å². The highest BCUT2D eigenvalue weighted by molar-refractivity contribution is 7.89. The molecule has 0 spiro atoms. The van der Waals surface area contributed by atoms with Crippen LogP contribution in [0.1, 0.15) is 36.5 Å². The summed E-state index contributed by atoms with van der Waals surface area (Å²) in [4.78, 5) is 26.0. The Balaban J connectivity index is 1.72. The van der Waals surface area contributed by atoms with Gasteiger partial charge in [0.15, 0.2) is 6.61 Å². The normalized spacial score (nSPS) is 20.6. The molecule has 160 valence electrons. The van der Waals surface area contributed by atoms with E-state index in [2.05, 4.69) is 0 Å². The summed E-state index contributed by atoms with van der Waals surface area (Å²) in [6.45, 7) is 4.09. The van der Waals surface area contributed by atoms with E-state index in [9.17, 15) is 18.0 Å². The molecule has 2 fully saturated rings. The predicted octanol–water partition coefficient (Wildman–Crippen LogP) is 0.586. The van der Waals surface area contributed by atoms with E-state index in [0.29, 0.717) is 32.8 Å². The van der Waals surface area contributed by atoms with E-state index in [1.54, 1.807) is 4.90 Å². The zero-order valence-electron chi connectivity index (χ0n) is 16.5. The van der Waals surface area contributed by atoms with Gasteiger partial charge < -0.3 is 20.1 Å². The number of primary amides is 1. The Bertz CT molecular complexity index is 867. The van der Waals surface area contributed by atoms with Gasteiger partial charge >= 0.3 is 0 Å². The molecule has 2 aliphatic heterocycles. The van der Waals surface area contributed by atoms with Crippen LogP contribution in [-0.2, 0) is 19.6 Å². The van der Waals surface area contributed by atoms with Crippen molar-refractivity contribution in [1.82, 2.24) is 9.21 Å². The molecule has 1 atom stereocenters. The Hall–Kier alpha value is -2.17. The Kier molecular flexibility index (Phi) is 6.76. The Morgan fingerprint density at radius 1 is 1.24 bits per heavy atom. The van der Waals surface area contributed by atoms with E-state index in [1.807, 2.05) is 6.92 Å². The van der Waals surface area contributed by atoms with Crippen LogP contribution in [0.3, 0.4) is 0 Å². The summed E-state index contributed by atoms with van der Waals surface area (Å²) in [5.41, 5.74) is 5.36.